The van der Waals surface area contributed by atoms with E-state index in [1.807, 2.05) is 44.2 Å². The number of ether oxygens (including phenoxy) is 1. The molecule has 0 saturated carbocycles. The largest absolute Gasteiger partial charge is 0.482 e. The predicted molar refractivity (Wildman–Crippen MR) is 107 cm³/mol. The molecule has 2 aromatic carbocycles. The van der Waals surface area contributed by atoms with Gasteiger partial charge in [-0.15, -0.1) is 0 Å². The van der Waals surface area contributed by atoms with Crippen molar-refractivity contribution in [2.75, 3.05) is 6.61 Å². The summed E-state index contributed by atoms with van der Waals surface area (Å²) in [6.07, 6.45) is 0. The summed E-state index contributed by atoms with van der Waals surface area (Å²) in [6.45, 7) is 3.70. The highest BCUT2D eigenvalue weighted by molar-refractivity contribution is 6.35. The summed E-state index contributed by atoms with van der Waals surface area (Å²) >= 11 is 11.9. The fourth-order valence-corrected chi connectivity index (χ4v) is 2.99. The maximum atomic E-state index is 12.4. The van der Waals surface area contributed by atoms with Crippen LogP contribution in [0.1, 0.15) is 25.8 Å². The number of rotatable bonds is 7. The van der Waals surface area contributed by atoms with Gasteiger partial charge < -0.3 is 14.6 Å². The second-order valence-electron chi connectivity index (χ2n) is 6.47. The molecule has 1 N–H and O–H groups in total. The van der Waals surface area contributed by atoms with Crippen LogP contribution in [-0.2, 0) is 4.79 Å². The highest BCUT2D eigenvalue weighted by atomic mass is 35.5. The van der Waals surface area contributed by atoms with Crippen LogP contribution in [0, 0.1) is 5.92 Å². The van der Waals surface area contributed by atoms with E-state index < -0.39 is 6.04 Å². The Labute approximate surface area is 172 Å². The van der Waals surface area contributed by atoms with E-state index in [0.29, 0.717) is 27.5 Å². The standard InChI is InChI=1S/C20H19Cl2N3O3/c1-12(2)18(20-24-19(25-28-20)13-6-4-3-5-7-13)23-17(26)11-27-16-9-8-14(21)10-15(16)22/h3-10,12,18H,11H2,1-2H3,(H,23,26). The highest BCUT2D eigenvalue weighted by Gasteiger charge is 2.25. The minimum Gasteiger partial charge on any atom is -0.482 e. The number of benzene rings is 2. The van der Waals surface area contributed by atoms with Crippen molar-refractivity contribution < 1.29 is 14.1 Å². The van der Waals surface area contributed by atoms with Crippen molar-refractivity contribution >= 4 is 29.1 Å². The molecule has 3 aromatic rings. The zero-order valence-corrected chi connectivity index (χ0v) is 16.9. The molecule has 0 bridgehead atoms. The highest BCUT2D eigenvalue weighted by Crippen LogP contribution is 2.28. The van der Waals surface area contributed by atoms with Crippen LogP contribution in [-0.4, -0.2) is 22.7 Å². The summed E-state index contributed by atoms with van der Waals surface area (Å²) in [7, 11) is 0. The molecule has 0 fully saturated rings. The summed E-state index contributed by atoms with van der Waals surface area (Å²) in [4.78, 5) is 16.8. The molecule has 0 radical (unpaired) electrons. The Bertz CT molecular complexity index is 945. The molecule has 6 nitrogen and oxygen atoms in total. The first-order valence-corrected chi connectivity index (χ1v) is 9.46. The van der Waals surface area contributed by atoms with E-state index >= 15 is 0 Å². The van der Waals surface area contributed by atoms with Crippen LogP contribution in [0.2, 0.25) is 10.0 Å². The van der Waals surface area contributed by atoms with Crippen molar-refractivity contribution in [2.24, 2.45) is 5.92 Å². The van der Waals surface area contributed by atoms with Crippen LogP contribution in [0.25, 0.3) is 11.4 Å². The van der Waals surface area contributed by atoms with Gasteiger partial charge in [0, 0.05) is 10.6 Å². The topological polar surface area (TPSA) is 77.2 Å². The van der Waals surface area contributed by atoms with Crippen LogP contribution < -0.4 is 10.1 Å². The molecular formula is C20H19Cl2N3O3. The van der Waals surface area contributed by atoms with E-state index in [1.165, 1.54) is 0 Å². The van der Waals surface area contributed by atoms with Crippen molar-refractivity contribution in [1.29, 1.82) is 0 Å². The van der Waals surface area contributed by atoms with Gasteiger partial charge in [-0.1, -0.05) is 72.5 Å². The van der Waals surface area contributed by atoms with Gasteiger partial charge >= 0.3 is 0 Å². The Balaban J connectivity index is 1.66. The van der Waals surface area contributed by atoms with Crippen LogP contribution in [0.5, 0.6) is 5.75 Å². The molecule has 1 amide bonds. The number of carbonyl (C=O) groups excluding carboxylic acids is 1. The Morgan fingerprint density at radius 1 is 1.18 bits per heavy atom. The number of amides is 1. The molecule has 28 heavy (non-hydrogen) atoms. The summed E-state index contributed by atoms with van der Waals surface area (Å²) < 4.78 is 10.9. The lowest BCUT2D eigenvalue weighted by atomic mass is 10.0. The van der Waals surface area contributed by atoms with Crippen LogP contribution >= 0.6 is 23.2 Å². The summed E-state index contributed by atoms with van der Waals surface area (Å²) in [5.74, 6) is 0.897. The molecule has 0 aliphatic carbocycles. The lowest BCUT2D eigenvalue weighted by Gasteiger charge is -2.18. The average molecular weight is 420 g/mol. The zero-order valence-electron chi connectivity index (χ0n) is 15.4. The number of nitrogens with zero attached hydrogens (tertiary/aromatic N) is 2. The van der Waals surface area contributed by atoms with E-state index in [0.717, 1.165) is 5.56 Å². The van der Waals surface area contributed by atoms with E-state index in [1.54, 1.807) is 18.2 Å². The van der Waals surface area contributed by atoms with Gasteiger partial charge in [0.15, 0.2) is 6.61 Å². The quantitative estimate of drug-likeness (QED) is 0.586. The molecule has 0 aliphatic rings. The Morgan fingerprint density at radius 3 is 2.61 bits per heavy atom. The van der Waals surface area contributed by atoms with Gasteiger partial charge in [-0.25, -0.2) is 0 Å². The van der Waals surface area contributed by atoms with E-state index in [9.17, 15) is 4.79 Å². The molecule has 146 valence electrons. The molecular weight excluding hydrogens is 401 g/mol. The first-order valence-electron chi connectivity index (χ1n) is 8.70. The van der Waals surface area contributed by atoms with Crippen molar-refractivity contribution in [3.63, 3.8) is 0 Å². The lowest BCUT2D eigenvalue weighted by Crippen LogP contribution is -2.35. The normalized spacial score (nSPS) is 12.0. The number of carbonyl (C=O) groups is 1. The van der Waals surface area contributed by atoms with Crippen molar-refractivity contribution in [3.05, 3.63) is 64.5 Å². The average Bonchev–Trinajstić information content (AvgIpc) is 3.15. The van der Waals surface area contributed by atoms with Gasteiger partial charge in [0.25, 0.3) is 5.91 Å². The van der Waals surface area contributed by atoms with Crippen molar-refractivity contribution in [1.82, 2.24) is 15.5 Å². The molecule has 0 spiro atoms. The minimum absolute atomic E-state index is 0.0344. The molecule has 1 aromatic heterocycles. The minimum atomic E-state index is -0.443. The smallest absolute Gasteiger partial charge is 0.258 e. The van der Waals surface area contributed by atoms with Gasteiger partial charge in [-0.3, -0.25) is 4.79 Å². The number of halogens is 2. The van der Waals surface area contributed by atoms with Crippen LogP contribution in [0.3, 0.4) is 0 Å². The van der Waals surface area contributed by atoms with Gasteiger partial charge in [0.2, 0.25) is 11.7 Å². The monoisotopic (exact) mass is 419 g/mol. The van der Waals surface area contributed by atoms with E-state index in [-0.39, 0.29) is 18.4 Å². The predicted octanol–water partition coefficient (Wildman–Crippen LogP) is 4.94. The molecule has 3 rings (SSSR count). The number of hydrogen-bond acceptors (Lipinski definition) is 5. The maximum Gasteiger partial charge on any atom is 0.258 e. The molecule has 0 aliphatic heterocycles. The van der Waals surface area contributed by atoms with E-state index in [4.69, 9.17) is 32.5 Å². The fourth-order valence-electron chi connectivity index (χ4n) is 2.53. The molecule has 0 saturated heterocycles. The lowest BCUT2D eigenvalue weighted by molar-refractivity contribution is -0.124. The third-order valence-electron chi connectivity index (χ3n) is 3.98. The third kappa shape index (κ3) is 5.03. The first-order chi connectivity index (χ1) is 13.4. The second kappa shape index (κ2) is 9.08. The molecule has 1 atom stereocenters. The van der Waals surface area contributed by atoms with Gasteiger partial charge in [-0.2, -0.15) is 4.98 Å². The van der Waals surface area contributed by atoms with Gasteiger partial charge in [-0.05, 0) is 24.1 Å². The maximum absolute atomic E-state index is 12.4. The van der Waals surface area contributed by atoms with E-state index in [2.05, 4.69) is 15.5 Å². The van der Waals surface area contributed by atoms with Crippen LogP contribution in [0.15, 0.2) is 53.1 Å². The summed E-state index contributed by atoms with van der Waals surface area (Å²) in [6, 6.07) is 13.8. The van der Waals surface area contributed by atoms with Crippen molar-refractivity contribution in [2.45, 2.75) is 19.9 Å². The Kier molecular flexibility index (Phi) is 6.54. The molecule has 1 unspecified atom stereocenters. The van der Waals surface area contributed by atoms with Gasteiger partial charge in [0.05, 0.1) is 5.02 Å². The Morgan fingerprint density at radius 2 is 1.93 bits per heavy atom. The summed E-state index contributed by atoms with van der Waals surface area (Å²) in [5, 5.41) is 7.71. The number of aromatic nitrogens is 2. The third-order valence-corrected chi connectivity index (χ3v) is 4.51. The summed E-state index contributed by atoms with van der Waals surface area (Å²) in [5.41, 5.74) is 0.840. The van der Waals surface area contributed by atoms with Crippen molar-refractivity contribution in [3.8, 4) is 17.1 Å². The number of hydrogen-bond donors (Lipinski definition) is 1. The fraction of sp³-hybridized carbons (Fsp3) is 0.250. The Hall–Kier alpha value is -2.57. The number of nitrogens with one attached hydrogen (secondary N) is 1. The SMILES string of the molecule is CC(C)C(NC(=O)COc1ccc(Cl)cc1Cl)c1nc(-c2ccccc2)no1. The molecule has 8 heteroatoms. The van der Waals surface area contributed by atoms with Gasteiger partial charge in [0.1, 0.15) is 11.8 Å². The molecule has 1 heterocycles. The van der Waals surface area contributed by atoms with Crippen LogP contribution in [0.4, 0.5) is 0 Å². The zero-order chi connectivity index (χ0) is 20.1. The first kappa shape index (κ1) is 20.2. The second-order valence-corrected chi connectivity index (χ2v) is 7.32.